The van der Waals surface area contributed by atoms with Crippen molar-refractivity contribution in [2.75, 3.05) is 20.3 Å². The van der Waals surface area contributed by atoms with Gasteiger partial charge in [0.05, 0.1) is 6.61 Å². The summed E-state index contributed by atoms with van der Waals surface area (Å²) in [5.41, 5.74) is 5.52. The quantitative estimate of drug-likeness (QED) is 0.546. The molecule has 17 heavy (non-hydrogen) atoms. The Balaban J connectivity index is 2.68. The van der Waals surface area contributed by atoms with Crippen molar-refractivity contribution in [3.8, 4) is 0 Å². The number of methoxy groups -OCH3 is 1. The fourth-order valence-corrected chi connectivity index (χ4v) is 1.52. The van der Waals surface area contributed by atoms with Gasteiger partial charge in [-0.1, -0.05) is 12.2 Å². The van der Waals surface area contributed by atoms with Crippen LogP contribution in [0.25, 0.3) is 0 Å². The Morgan fingerprint density at radius 2 is 2.47 bits per heavy atom. The van der Waals surface area contributed by atoms with Crippen molar-refractivity contribution in [1.82, 2.24) is 14.9 Å². The summed E-state index contributed by atoms with van der Waals surface area (Å²) < 4.78 is 6.49. The molecule has 3 N–H and O–H groups in total. The lowest BCUT2D eigenvalue weighted by Crippen LogP contribution is -2.34. The maximum Gasteiger partial charge on any atom is 0.242 e. The van der Waals surface area contributed by atoms with E-state index in [0.717, 1.165) is 0 Å². The molecule has 0 aliphatic carbocycles. The van der Waals surface area contributed by atoms with E-state index in [1.807, 2.05) is 0 Å². The van der Waals surface area contributed by atoms with E-state index in [-0.39, 0.29) is 10.9 Å². The van der Waals surface area contributed by atoms with Crippen molar-refractivity contribution in [2.45, 2.75) is 13.0 Å². The highest BCUT2D eigenvalue weighted by Gasteiger charge is 2.18. The first-order chi connectivity index (χ1) is 8.07. The molecule has 0 saturated carbocycles. The van der Waals surface area contributed by atoms with Gasteiger partial charge in [0, 0.05) is 26.0 Å². The Morgan fingerprint density at radius 3 is 3.06 bits per heavy atom. The molecule has 1 amide bonds. The minimum Gasteiger partial charge on any atom is -0.387 e. The first-order valence-corrected chi connectivity index (χ1v) is 5.58. The van der Waals surface area contributed by atoms with Gasteiger partial charge in [-0.15, -0.1) is 0 Å². The van der Waals surface area contributed by atoms with Gasteiger partial charge in [0.2, 0.25) is 5.91 Å². The molecule has 1 heterocycles. The molecule has 0 saturated heterocycles. The first-order valence-electron chi connectivity index (χ1n) is 5.17. The lowest BCUT2D eigenvalue weighted by Gasteiger charge is -2.15. The molecule has 0 bridgehead atoms. The highest BCUT2D eigenvalue weighted by Crippen LogP contribution is 2.09. The molecule has 0 radical (unpaired) electrons. The largest absolute Gasteiger partial charge is 0.387 e. The second kappa shape index (κ2) is 6.31. The molecular formula is C10H16N4O2S. The van der Waals surface area contributed by atoms with Gasteiger partial charge in [-0.05, 0) is 6.92 Å². The van der Waals surface area contributed by atoms with Crippen LogP contribution >= 0.6 is 12.2 Å². The third-order valence-corrected chi connectivity index (χ3v) is 2.47. The summed E-state index contributed by atoms with van der Waals surface area (Å²) in [5, 5.41) is 2.74. The highest BCUT2D eigenvalue weighted by atomic mass is 32.1. The number of hydrogen-bond acceptors (Lipinski definition) is 4. The molecule has 0 aliphatic rings. The zero-order chi connectivity index (χ0) is 12.8. The Hall–Kier alpha value is -1.47. The predicted octanol–water partition coefficient (Wildman–Crippen LogP) is -0.159. The van der Waals surface area contributed by atoms with E-state index in [9.17, 15) is 4.79 Å². The lowest BCUT2D eigenvalue weighted by atomic mass is 10.3. The van der Waals surface area contributed by atoms with Gasteiger partial charge in [0.25, 0.3) is 0 Å². The molecule has 0 aliphatic heterocycles. The summed E-state index contributed by atoms with van der Waals surface area (Å²) in [7, 11) is 1.58. The maximum absolute atomic E-state index is 11.8. The van der Waals surface area contributed by atoms with Crippen molar-refractivity contribution in [1.29, 1.82) is 0 Å². The van der Waals surface area contributed by atoms with Crippen LogP contribution in [0.1, 0.15) is 18.8 Å². The number of nitrogens with two attached hydrogens (primary N) is 1. The number of amides is 1. The minimum atomic E-state index is -0.411. The summed E-state index contributed by atoms with van der Waals surface area (Å²) in [6.07, 6.45) is 3.24. The van der Waals surface area contributed by atoms with E-state index in [4.69, 9.17) is 22.7 Å². The van der Waals surface area contributed by atoms with Gasteiger partial charge in [0.1, 0.15) is 11.0 Å². The van der Waals surface area contributed by atoms with Gasteiger partial charge < -0.3 is 20.4 Å². The van der Waals surface area contributed by atoms with Crippen LogP contribution in [0.2, 0.25) is 0 Å². The van der Waals surface area contributed by atoms with Crippen LogP contribution < -0.4 is 11.1 Å². The number of thiocarbonyl (C=S) groups is 1. The number of nitrogens with zero attached hydrogens (tertiary/aromatic N) is 2. The number of hydrogen-bond donors (Lipinski definition) is 2. The third-order valence-electron chi connectivity index (χ3n) is 2.29. The highest BCUT2D eigenvalue weighted by molar-refractivity contribution is 7.80. The standard InChI is InChI=1S/C10H16N4O2S/c1-7(10(15)13-4-6-16-2)14-5-3-12-9(14)8(11)17/h3,5,7H,4,6H2,1-2H3,(H2,11,17)(H,13,15). The average molecular weight is 256 g/mol. The fourth-order valence-electron chi connectivity index (χ4n) is 1.37. The van der Waals surface area contributed by atoms with E-state index in [1.54, 1.807) is 31.0 Å². The van der Waals surface area contributed by atoms with Gasteiger partial charge >= 0.3 is 0 Å². The Bertz CT molecular complexity index is 405. The van der Waals surface area contributed by atoms with E-state index >= 15 is 0 Å². The summed E-state index contributed by atoms with van der Waals surface area (Å²) in [5.74, 6) is 0.312. The van der Waals surface area contributed by atoms with E-state index in [0.29, 0.717) is 19.0 Å². The monoisotopic (exact) mass is 256 g/mol. The SMILES string of the molecule is COCCNC(=O)C(C)n1ccnc1C(N)=S. The number of nitrogens with one attached hydrogen (secondary N) is 1. The summed E-state index contributed by atoms with van der Waals surface area (Å²) in [6, 6.07) is -0.411. The van der Waals surface area contributed by atoms with Crippen molar-refractivity contribution in [2.24, 2.45) is 5.73 Å². The number of aromatic nitrogens is 2. The van der Waals surface area contributed by atoms with Crippen LogP contribution in [0.5, 0.6) is 0 Å². The van der Waals surface area contributed by atoms with Gasteiger partial charge in [-0.3, -0.25) is 4.79 Å². The molecule has 0 spiro atoms. The Morgan fingerprint density at radius 1 is 1.76 bits per heavy atom. The predicted molar refractivity (Wildman–Crippen MR) is 67.7 cm³/mol. The zero-order valence-corrected chi connectivity index (χ0v) is 10.7. The molecule has 94 valence electrons. The average Bonchev–Trinajstić information content (AvgIpc) is 2.77. The molecule has 6 nitrogen and oxygen atoms in total. The second-order valence-corrected chi connectivity index (χ2v) is 3.92. The minimum absolute atomic E-state index is 0.127. The molecule has 1 aromatic rings. The fraction of sp³-hybridized carbons (Fsp3) is 0.500. The number of ether oxygens (including phenoxy) is 1. The Labute approximate surface area is 105 Å². The van der Waals surface area contributed by atoms with Gasteiger partial charge in [0.15, 0.2) is 5.82 Å². The number of carbonyl (C=O) groups is 1. The molecule has 0 fully saturated rings. The second-order valence-electron chi connectivity index (χ2n) is 3.48. The molecule has 0 aromatic carbocycles. The third kappa shape index (κ3) is 3.50. The van der Waals surface area contributed by atoms with Gasteiger partial charge in [-0.25, -0.2) is 4.98 Å². The number of carbonyl (C=O) groups excluding carboxylic acids is 1. The van der Waals surface area contributed by atoms with Crippen LogP contribution in [0.15, 0.2) is 12.4 Å². The van der Waals surface area contributed by atoms with Crippen LogP contribution in [0.4, 0.5) is 0 Å². The van der Waals surface area contributed by atoms with Crippen LogP contribution in [0.3, 0.4) is 0 Å². The van der Waals surface area contributed by atoms with Crippen molar-refractivity contribution >= 4 is 23.1 Å². The summed E-state index contributed by atoms with van der Waals surface area (Å²) in [6.45, 7) is 2.70. The van der Waals surface area contributed by atoms with E-state index < -0.39 is 6.04 Å². The molecular weight excluding hydrogens is 240 g/mol. The van der Waals surface area contributed by atoms with Crippen molar-refractivity contribution in [3.05, 3.63) is 18.2 Å². The van der Waals surface area contributed by atoms with Crippen LogP contribution in [-0.4, -0.2) is 40.7 Å². The van der Waals surface area contributed by atoms with Crippen LogP contribution in [-0.2, 0) is 9.53 Å². The molecule has 1 rings (SSSR count). The van der Waals surface area contributed by atoms with Gasteiger partial charge in [-0.2, -0.15) is 0 Å². The summed E-state index contributed by atoms with van der Waals surface area (Å²) in [4.78, 5) is 16.0. The van der Waals surface area contributed by atoms with E-state index in [2.05, 4.69) is 10.3 Å². The topological polar surface area (TPSA) is 82.2 Å². The molecule has 1 aromatic heterocycles. The maximum atomic E-state index is 11.8. The summed E-state index contributed by atoms with van der Waals surface area (Å²) >= 11 is 4.86. The molecule has 1 unspecified atom stereocenters. The van der Waals surface area contributed by atoms with Crippen molar-refractivity contribution < 1.29 is 9.53 Å². The smallest absolute Gasteiger partial charge is 0.242 e. The Kier molecular flexibility index (Phi) is 5.05. The normalized spacial score (nSPS) is 12.1. The number of rotatable bonds is 6. The first kappa shape index (κ1) is 13.6. The lowest BCUT2D eigenvalue weighted by molar-refractivity contribution is -0.124. The number of imidazole rings is 1. The zero-order valence-electron chi connectivity index (χ0n) is 9.84. The van der Waals surface area contributed by atoms with E-state index in [1.165, 1.54) is 0 Å². The molecule has 1 atom stereocenters. The molecule has 7 heteroatoms. The van der Waals surface area contributed by atoms with Crippen LogP contribution in [0, 0.1) is 0 Å². The van der Waals surface area contributed by atoms with Crippen molar-refractivity contribution in [3.63, 3.8) is 0 Å².